The van der Waals surface area contributed by atoms with Crippen LogP contribution in [0.15, 0.2) is 41.7 Å². The number of hydrogen-bond acceptors (Lipinski definition) is 6. The first-order valence-electron chi connectivity index (χ1n) is 9.28. The van der Waals surface area contributed by atoms with E-state index in [0.29, 0.717) is 36.3 Å². The van der Waals surface area contributed by atoms with Crippen LogP contribution in [0.2, 0.25) is 0 Å². The summed E-state index contributed by atoms with van der Waals surface area (Å²) in [6.45, 7) is 5.61. The number of imidazole rings is 1. The molecule has 7 nitrogen and oxygen atoms in total. The van der Waals surface area contributed by atoms with E-state index in [9.17, 15) is 4.79 Å². The molecule has 0 unspecified atom stereocenters. The van der Waals surface area contributed by atoms with Gasteiger partial charge in [0.1, 0.15) is 0 Å². The maximum Gasteiger partial charge on any atom is 0.230 e. The van der Waals surface area contributed by atoms with Crippen molar-refractivity contribution in [1.29, 1.82) is 0 Å². The molecule has 0 fully saturated rings. The lowest BCUT2D eigenvalue weighted by Gasteiger charge is -2.12. The minimum atomic E-state index is -0.0330. The molecule has 0 aliphatic carbocycles. The summed E-state index contributed by atoms with van der Waals surface area (Å²) >= 11 is 1.36. The molecule has 1 aromatic carbocycles. The zero-order valence-corrected chi connectivity index (χ0v) is 16.8. The summed E-state index contributed by atoms with van der Waals surface area (Å²) in [4.78, 5) is 23.8. The number of amides is 1. The maximum atomic E-state index is 12.1. The van der Waals surface area contributed by atoms with Gasteiger partial charge in [-0.3, -0.25) is 4.79 Å². The van der Waals surface area contributed by atoms with Crippen molar-refractivity contribution in [3.63, 3.8) is 0 Å². The molecule has 0 aliphatic heterocycles. The molecule has 0 radical (unpaired) electrons. The molecule has 0 aliphatic rings. The van der Waals surface area contributed by atoms with Crippen molar-refractivity contribution in [2.24, 2.45) is 0 Å². The van der Waals surface area contributed by atoms with Crippen LogP contribution in [0.3, 0.4) is 0 Å². The molecule has 0 spiro atoms. The highest BCUT2D eigenvalue weighted by atomic mass is 32.2. The fraction of sp³-hybridized carbons (Fsp3) is 0.350. The smallest absolute Gasteiger partial charge is 0.230 e. The second-order valence-electron chi connectivity index (χ2n) is 5.95. The summed E-state index contributed by atoms with van der Waals surface area (Å²) in [6, 6.07) is 9.63. The van der Waals surface area contributed by atoms with E-state index in [1.165, 1.54) is 11.8 Å². The Morgan fingerprint density at radius 3 is 2.79 bits per heavy atom. The van der Waals surface area contributed by atoms with Gasteiger partial charge in [-0.2, -0.15) is 0 Å². The zero-order valence-electron chi connectivity index (χ0n) is 16.0. The Hall–Kier alpha value is -2.74. The van der Waals surface area contributed by atoms with Crippen LogP contribution < -0.4 is 14.8 Å². The van der Waals surface area contributed by atoms with Gasteiger partial charge in [0, 0.05) is 12.7 Å². The lowest BCUT2D eigenvalue weighted by atomic mass is 10.1. The molecular weight excluding hydrogens is 376 g/mol. The van der Waals surface area contributed by atoms with Crippen molar-refractivity contribution >= 4 is 28.8 Å². The van der Waals surface area contributed by atoms with Gasteiger partial charge in [-0.15, -0.1) is 0 Å². The minimum Gasteiger partial charge on any atom is -0.490 e. The number of ether oxygens (including phenoxy) is 2. The van der Waals surface area contributed by atoms with Gasteiger partial charge in [0.25, 0.3) is 0 Å². The van der Waals surface area contributed by atoms with Crippen LogP contribution in [-0.2, 0) is 11.2 Å². The Kier molecular flexibility index (Phi) is 7.13. The molecule has 3 rings (SSSR count). The topological polar surface area (TPSA) is 89.1 Å². The summed E-state index contributed by atoms with van der Waals surface area (Å²) in [7, 11) is 0. The van der Waals surface area contributed by atoms with Crippen LogP contribution >= 0.6 is 11.8 Å². The van der Waals surface area contributed by atoms with Gasteiger partial charge in [-0.1, -0.05) is 17.8 Å². The lowest BCUT2D eigenvalue weighted by Crippen LogP contribution is -2.27. The van der Waals surface area contributed by atoms with E-state index in [-0.39, 0.29) is 5.91 Å². The van der Waals surface area contributed by atoms with Gasteiger partial charge in [-0.05, 0) is 50.1 Å². The Bertz CT molecular complexity index is 896. The fourth-order valence-electron chi connectivity index (χ4n) is 2.67. The molecule has 8 heteroatoms. The number of rotatable bonds is 10. The number of carbonyl (C=O) groups is 1. The second-order valence-corrected chi connectivity index (χ2v) is 6.92. The Morgan fingerprint density at radius 1 is 1.18 bits per heavy atom. The Labute approximate surface area is 168 Å². The number of nitrogens with zero attached hydrogens (tertiary/aromatic N) is 2. The molecular formula is C20H24N4O3S. The first-order chi connectivity index (χ1) is 13.7. The Morgan fingerprint density at radius 2 is 2.00 bits per heavy atom. The van der Waals surface area contributed by atoms with E-state index < -0.39 is 0 Å². The molecule has 2 N–H and O–H groups in total. The molecule has 3 aromatic rings. The first kappa shape index (κ1) is 20.0. The predicted molar refractivity (Wildman–Crippen MR) is 110 cm³/mol. The van der Waals surface area contributed by atoms with E-state index in [1.807, 2.05) is 44.2 Å². The van der Waals surface area contributed by atoms with Crippen molar-refractivity contribution < 1.29 is 14.3 Å². The number of fused-ring (bicyclic) bond motifs is 1. The SMILES string of the molecule is CCOc1ccc(CCNC(=O)CSc2nc3ncccc3[nH]2)cc1OCC. The van der Waals surface area contributed by atoms with Crippen LogP contribution in [0.25, 0.3) is 11.2 Å². The zero-order chi connectivity index (χ0) is 19.8. The molecule has 148 valence electrons. The number of aromatic nitrogens is 3. The van der Waals surface area contributed by atoms with Crippen molar-refractivity contribution in [2.45, 2.75) is 25.4 Å². The summed E-state index contributed by atoms with van der Waals surface area (Å²) in [6.07, 6.45) is 2.42. The highest BCUT2D eigenvalue weighted by Crippen LogP contribution is 2.28. The van der Waals surface area contributed by atoms with Gasteiger partial charge >= 0.3 is 0 Å². The number of thioether (sulfide) groups is 1. The molecule has 0 atom stereocenters. The van der Waals surface area contributed by atoms with Crippen molar-refractivity contribution in [2.75, 3.05) is 25.5 Å². The lowest BCUT2D eigenvalue weighted by molar-refractivity contribution is -0.118. The summed E-state index contributed by atoms with van der Waals surface area (Å²) in [5.41, 5.74) is 2.61. The van der Waals surface area contributed by atoms with Crippen molar-refractivity contribution in [3.05, 3.63) is 42.1 Å². The van der Waals surface area contributed by atoms with Gasteiger partial charge in [-0.25, -0.2) is 9.97 Å². The third-order valence-corrected chi connectivity index (χ3v) is 4.79. The number of carbonyl (C=O) groups excluding carboxylic acids is 1. The van der Waals surface area contributed by atoms with Crippen LogP contribution in [0.5, 0.6) is 11.5 Å². The second kappa shape index (κ2) is 9.98. The predicted octanol–water partition coefficient (Wildman–Crippen LogP) is 3.21. The molecule has 1 amide bonds. The molecule has 0 saturated carbocycles. The summed E-state index contributed by atoms with van der Waals surface area (Å²) in [5.74, 6) is 1.75. The highest BCUT2D eigenvalue weighted by molar-refractivity contribution is 7.99. The minimum absolute atomic E-state index is 0.0330. The molecule has 0 saturated heterocycles. The van der Waals surface area contributed by atoms with E-state index >= 15 is 0 Å². The van der Waals surface area contributed by atoms with Crippen LogP contribution in [0, 0.1) is 0 Å². The quantitative estimate of drug-likeness (QED) is 0.508. The van der Waals surface area contributed by atoms with E-state index in [1.54, 1.807) is 6.20 Å². The van der Waals surface area contributed by atoms with E-state index in [0.717, 1.165) is 29.0 Å². The van der Waals surface area contributed by atoms with Crippen LogP contribution in [0.4, 0.5) is 0 Å². The number of aromatic amines is 1. The monoisotopic (exact) mass is 400 g/mol. The third kappa shape index (κ3) is 5.39. The third-order valence-electron chi connectivity index (χ3n) is 3.92. The number of pyridine rings is 1. The van der Waals surface area contributed by atoms with Crippen LogP contribution in [0.1, 0.15) is 19.4 Å². The average molecular weight is 401 g/mol. The highest BCUT2D eigenvalue weighted by Gasteiger charge is 2.09. The standard InChI is InChI=1S/C20H24N4O3S/c1-3-26-16-8-7-14(12-17(16)27-4-2)9-11-21-18(25)13-28-20-23-15-6-5-10-22-19(15)24-20/h5-8,10,12H,3-4,9,11,13H2,1-2H3,(H,21,25)(H,22,23,24). The molecule has 0 bridgehead atoms. The summed E-state index contributed by atoms with van der Waals surface area (Å²) < 4.78 is 11.2. The van der Waals surface area contributed by atoms with Gasteiger partial charge in [0.15, 0.2) is 22.3 Å². The van der Waals surface area contributed by atoms with Crippen molar-refractivity contribution in [3.8, 4) is 11.5 Å². The fourth-order valence-corrected chi connectivity index (χ4v) is 3.38. The average Bonchev–Trinajstić information content (AvgIpc) is 3.12. The van der Waals surface area contributed by atoms with Crippen molar-refractivity contribution in [1.82, 2.24) is 20.3 Å². The number of H-pyrrole nitrogens is 1. The largest absolute Gasteiger partial charge is 0.490 e. The van der Waals surface area contributed by atoms with Crippen LogP contribution in [-0.4, -0.2) is 46.4 Å². The first-order valence-corrected chi connectivity index (χ1v) is 10.3. The molecule has 28 heavy (non-hydrogen) atoms. The number of benzene rings is 1. The van der Waals surface area contributed by atoms with Gasteiger partial charge < -0.3 is 19.8 Å². The number of nitrogens with one attached hydrogen (secondary N) is 2. The maximum absolute atomic E-state index is 12.1. The van der Waals surface area contributed by atoms with E-state index in [2.05, 4.69) is 20.3 Å². The molecule has 2 heterocycles. The van der Waals surface area contributed by atoms with Gasteiger partial charge in [0.05, 0.1) is 24.5 Å². The normalized spacial score (nSPS) is 10.8. The summed E-state index contributed by atoms with van der Waals surface area (Å²) in [5, 5.41) is 3.63. The van der Waals surface area contributed by atoms with E-state index in [4.69, 9.17) is 9.47 Å². The molecule has 2 aromatic heterocycles. The Balaban J connectivity index is 1.46. The van der Waals surface area contributed by atoms with Gasteiger partial charge in [0.2, 0.25) is 5.91 Å². The number of hydrogen-bond donors (Lipinski definition) is 2.